The third-order valence-corrected chi connectivity index (χ3v) is 2.16. The van der Waals surface area contributed by atoms with Gasteiger partial charge in [0.05, 0.1) is 10.7 Å². The molecule has 1 aromatic rings. The lowest BCUT2D eigenvalue weighted by Gasteiger charge is -2.20. The molecule has 0 atom stereocenters. The summed E-state index contributed by atoms with van der Waals surface area (Å²) in [6.45, 7) is 3.55. The van der Waals surface area contributed by atoms with Gasteiger partial charge >= 0.3 is 0 Å². The second-order valence-electron chi connectivity index (χ2n) is 2.90. The van der Waals surface area contributed by atoms with Crippen LogP contribution in [0.5, 0.6) is 5.75 Å². The number of nitrogens with one attached hydrogen (secondary N) is 1. The summed E-state index contributed by atoms with van der Waals surface area (Å²) in [5.74, 6) is 0.867. The van der Waals surface area contributed by atoms with Crippen LogP contribution in [-0.4, -0.2) is 13.2 Å². The standard InChI is InChI=1S/C9H10ClNO/c1-6-4-7(10)9-8(5-6)12-3-2-11-9/h4-5,11H,2-3H2,1H3. The number of ether oxygens (including phenoxy) is 1. The summed E-state index contributed by atoms with van der Waals surface area (Å²) < 4.78 is 5.44. The van der Waals surface area contributed by atoms with Crippen molar-refractivity contribution in [2.24, 2.45) is 0 Å². The summed E-state index contributed by atoms with van der Waals surface area (Å²) in [5.41, 5.74) is 2.05. The van der Waals surface area contributed by atoms with Crippen LogP contribution in [0.1, 0.15) is 5.56 Å². The minimum Gasteiger partial charge on any atom is -0.490 e. The van der Waals surface area contributed by atoms with E-state index >= 15 is 0 Å². The smallest absolute Gasteiger partial charge is 0.144 e. The SMILES string of the molecule is Cc1cc(Cl)c2c(c1)OCCN2. The molecule has 1 heterocycles. The number of aryl methyl sites for hydroxylation is 1. The number of fused-ring (bicyclic) bond motifs is 1. The highest BCUT2D eigenvalue weighted by Crippen LogP contribution is 2.35. The summed E-state index contributed by atoms with van der Waals surface area (Å²) in [4.78, 5) is 0. The van der Waals surface area contributed by atoms with Crippen molar-refractivity contribution in [3.8, 4) is 5.75 Å². The van der Waals surface area contributed by atoms with E-state index < -0.39 is 0 Å². The van der Waals surface area contributed by atoms with Crippen LogP contribution < -0.4 is 10.1 Å². The van der Waals surface area contributed by atoms with Gasteiger partial charge in [-0.25, -0.2) is 0 Å². The van der Waals surface area contributed by atoms with Gasteiger partial charge in [0.25, 0.3) is 0 Å². The maximum atomic E-state index is 6.00. The first-order valence-electron chi connectivity index (χ1n) is 3.94. The van der Waals surface area contributed by atoms with E-state index in [1.807, 2.05) is 19.1 Å². The second kappa shape index (κ2) is 2.87. The van der Waals surface area contributed by atoms with Gasteiger partial charge in [0.15, 0.2) is 0 Å². The van der Waals surface area contributed by atoms with Gasteiger partial charge in [-0.05, 0) is 24.6 Å². The first kappa shape index (κ1) is 7.74. The minimum atomic E-state index is 0.715. The fraction of sp³-hybridized carbons (Fsp3) is 0.333. The maximum absolute atomic E-state index is 6.00. The number of hydrogen-bond donors (Lipinski definition) is 1. The molecular formula is C9H10ClNO. The first-order valence-corrected chi connectivity index (χ1v) is 4.32. The Morgan fingerprint density at radius 3 is 3.17 bits per heavy atom. The molecule has 0 bridgehead atoms. The summed E-state index contributed by atoms with van der Waals surface area (Å²) in [5, 5.41) is 3.94. The van der Waals surface area contributed by atoms with Crippen molar-refractivity contribution in [3.05, 3.63) is 22.7 Å². The lowest BCUT2D eigenvalue weighted by Crippen LogP contribution is -2.18. The minimum absolute atomic E-state index is 0.715. The molecule has 0 aliphatic carbocycles. The molecule has 1 aromatic carbocycles. The predicted molar refractivity (Wildman–Crippen MR) is 50.2 cm³/mol. The highest BCUT2D eigenvalue weighted by atomic mass is 35.5. The predicted octanol–water partition coefficient (Wildman–Crippen LogP) is 2.45. The lowest BCUT2D eigenvalue weighted by molar-refractivity contribution is 0.323. The Bertz CT molecular complexity index is 312. The zero-order valence-corrected chi connectivity index (χ0v) is 7.61. The number of benzene rings is 1. The topological polar surface area (TPSA) is 21.3 Å². The van der Waals surface area contributed by atoms with Crippen molar-refractivity contribution in [2.75, 3.05) is 18.5 Å². The summed E-state index contributed by atoms with van der Waals surface area (Å²) in [6, 6.07) is 3.93. The number of hydrogen-bond acceptors (Lipinski definition) is 2. The summed E-state index contributed by atoms with van der Waals surface area (Å²) in [7, 11) is 0. The monoisotopic (exact) mass is 183 g/mol. The Labute approximate surface area is 76.5 Å². The number of anilines is 1. The van der Waals surface area contributed by atoms with Gasteiger partial charge in [0.1, 0.15) is 12.4 Å². The molecule has 0 amide bonds. The quantitative estimate of drug-likeness (QED) is 0.667. The largest absolute Gasteiger partial charge is 0.490 e. The molecule has 1 aliphatic heterocycles. The number of rotatable bonds is 0. The zero-order chi connectivity index (χ0) is 8.55. The molecule has 0 spiro atoms. The van der Waals surface area contributed by atoms with Crippen LogP contribution in [0.25, 0.3) is 0 Å². The average molecular weight is 184 g/mol. The third kappa shape index (κ3) is 1.23. The molecule has 64 valence electrons. The van der Waals surface area contributed by atoms with Crippen LogP contribution in [0.3, 0.4) is 0 Å². The van der Waals surface area contributed by atoms with E-state index in [1.54, 1.807) is 0 Å². The van der Waals surface area contributed by atoms with E-state index in [9.17, 15) is 0 Å². The zero-order valence-electron chi connectivity index (χ0n) is 6.86. The Kier molecular flexibility index (Phi) is 1.85. The maximum Gasteiger partial charge on any atom is 0.144 e. The molecule has 0 fully saturated rings. The van der Waals surface area contributed by atoms with Gasteiger partial charge in [-0.2, -0.15) is 0 Å². The van der Waals surface area contributed by atoms with Gasteiger partial charge in [-0.3, -0.25) is 0 Å². The molecule has 2 rings (SSSR count). The molecule has 0 saturated heterocycles. The van der Waals surface area contributed by atoms with Gasteiger partial charge in [-0.1, -0.05) is 11.6 Å². The van der Waals surface area contributed by atoms with Gasteiger partial charge in [0, 0.05) is 6.54 Å². The third-order valence-electron chi connectivity index (χ3n) is 1.86. The van der Waals surface area contributed by atoms with Crippen molar-refractivity contribution >= 4 is 17.3 Å². The summed E-state index contributed by atoms with van der Waals surface area (Å²) in [6.07, 6.45) is 0. The molecular weight excluding hydrogens is 174 g/mol. The van der Waals surface area contributed by atoms with E-state index in [-0.39, 0.29) is 0 Å². The molecule has 2 nitrogen and oxygen atoms in total. The van der Waals surface area contributed by atoms with Crippen LogP contribution in [0.15, 0.2) is 12.1 Å². The number of halogens is 1. The Hall–Kier alpha value is -0.890. The fourth-order valence-electron chi connectivity index (χ4n) is 1.33. The van der Waals surface area contributed by atoms with E-state index in [0.29, 0.717) is 6.61 Å². The van der Waals surface area contributed by atoms with E-state index in [4.69, 9.17) is 16.3 Å². The van der Waals surface area contributed by atoms with Gasteiger partial charge in [0.2, 0.25) is 0 Å². The Morgan fingerprint density at radius 2 is 2.33 bits per heavy atom. The molecule has 0 radical (unpaired) electrons. The molecule has 1 N–H and O–H groups in total. The van der Waals surface area contributed by atoms with Crippen LogP contribution in [0, 0.1) is 6.92 Å². The van der Waals surface area contributed by atoms with Crippen molar-refractivity contribution < 1.29 is 4.74 Å². The first-order chi connectivity index (χ1) is 5.77. The molecule has 12 heavy (non-hydrogen) atoms. The Morgan fingerprint density at radius 1 is 1.50 bits per heavy atom. The van der Waals surface area contributed by atoms with Crippen LogP contribution in [0.2, 0.25) is 5.02 Å². The summed E-state index contributed by atoms with van der Waals surface area (Å²) >= 11 is 6.00. The lowest BCUT2D eigenvalue weighted by atomic mass is 10.2. The van der Waals surface area contributed by atoms with Crippen molar-refractivity contribution in [3.63, 3.8) is 0 Å². The highest BCUT2D eigenvalue weighted by molar-refractivity contribution is 6.33. The molecule has 3 heteroatoms. The molecule has 0 unspecified atom stereocenters. The van der Waals surface area contributed by atoms with E-state index in [0.717, 1.165) is 28.6 Å². The second-order valence-corrected chi connectivity index (χ2v) is 3.30. The highest BCUT2D eigenvalue weighted by Gasteiger charge is 2.12. The van der Waals surface area contributed by atoms with Crippen LogP contribution in [0.4, 0.5) is 5.69 Å². The van der Waals surface area contributed by atoms with Gasteiger partial charge in [-0.15, -0.1) is 0 Å². The molecule has 0 aromatic heterocycles. The van der Waals surface area contributed by atoms with Gasteiger partial charge < -0.3 is 10.1 Å². The Balaban J connectivity index is 2.53. The van der Waals surface area contributed by atoms with Crippen LogP contribution >= 0.6 is 11.6 Å². The van der Waals surface area contributed by atoms with E-state index in [2.05, 4.69) is 5.32 Å². The average Bonchev–Trinajstić information content (AvgIpc) is 2.04. The van der Waals surface area contributed by atoms with Crippen molar-refractivity contribution in [1.82, 2.24) is 0 Å². The van der Waals surface area contributed by atoms with Crippen molar-refractivity contribution in [1.29, 1.82) is 0 Å². The molecule has 1 aliphatic rings. The normalized spacial score (nSPS) is 14.5. The fourth-order valence-corrected chi connectivity index (χ4v) is 1.66. The van der Waals surface area contributed by atoms with Crippen molar-refractivity contribution in [2.45, 2.75) is 6.92 Å². The van der Waals surface area contributed by atoms with E-state index in [1.165, 1.54) is 0 Å². The molecule has 0 saturated carbocycles. The van der Waals surface area contributed by atoms with Crippen LogP contribution in [-0.2, 0) is 0 Å².